The van der Waals surface area contributed by atoms with E-state index < -0.39 is 10.0 Å². The molecule has 96 valence electrons. The molecule has 0 aliphatic carbocycles. The summed E-state index contributed by atoms with van der Waals surface area (Å²) in [4.78, 5) is 0. The minimum atomic E-state index is -3.00. The van der Waals surface area contributed by atoms with Gasteiger partial charge in [0.15, 0.2) is 0 Å². The lowest BCUT2D eigenvalue weighted by molar-refractivity contribution is 0.271. The number of hydrogen-bond donors (Lipinski definition) is 0. The standard InChI is InChI=1S/C11H22ClNO2S/c1-3-4-9-16(14,15)13-7-5-11(6-8-13)10(2)12/h10-11H,3-9H2,1-2H3. The highest BCUT2D eigenvalue weighted by Gasteiger charge is 2.29. The van der Waals surface area contributed by atoms with Crippen LogP contribution in [0.2, 0.25) is 0 Å². The molecule has 0 aromatic rings. The minimum absolute atomic E-state index is 0.153. The molecule has 1 heterocycles. The van der Waals surface area contributed by atoms with Crippen LogP contribution in [0.3, 0.4) is 0 Å². The minimum Gasteiger partial charge on any atom is -0.212 e. The molecular formula is C11H22ClNO2S. The van der Waals surface area contributed by atoms with Gasteiger partial charge in [-0.15, -0.1) is 11.6 Å². The maximum absolute atomic E-state index is 11.9. The number of rotatable bonds is 5. The summed E-state index contributed by atoms with van der Waals surface area (Å²) in [6.07, 6.45) is 3.48. The van der Waals surface area contributed by atoms with E-state index in [4.69, 9.17) is 11.6 Å². The first kappa shape index (κ1) is 14.3. The molecule has 1 fully saturated rings. The molecular weight excluding hydrogens is 246 g/mol. The normalized spacial score (nSPS) is 22.2. The number of nitrogens with zero attached hydrogens (tertiary/aromatic N) is 1. The van der Waals surface area contributed by atoms with E-state index in [1.54, 1.807) is 4.31 Å². The molecule has 0 aromatic heterocycles. The Morgan fingerprint density at radius 2 is 1.94 bits per heavy atom. The zero-order valence-corrected chi connectivity index (χ0v) is 11.7. The Hall–Kier alpha value is 0.200. The Morgan fingerprint density at radius 1 is 1.38 bits per heavy atom. The maximum Gasteiger partial charge on any atom is 0.214 e. The molecule has 3 nitrogen and oxygen atoms in total. The lowest BCUT2D eigenvalue weighted by Crippen LogP contribution is -2.41. The smallest absolute Gasteiger partial charge is 0.212 e. The first-order chi connectivity index (χ1) is 7.47. The third-order valence-corrected chi connectivity index (χ3v) is 5.61. The molecule has 1 rings (SSSR count). The number of hydrogen-bond acceptors (Lipinski definition) is 2. The molecule has 16 heavy (non-hydrogen) atoms. The van der Waals surface area contributed by atoms with Gasteiger partial charge in [0.2, 0.25) is 10.0 Å². The van der Waals surface area contributed by atoms with Crippen LogP contribution in [-0.2, 0) is 10.0 Å². The van der Waals surface area contributed by atoms with Crippen molar-refractivity contribution in [1.82, 2.24) is 4.31 Å². The van der Waals surface area contributed by atoms with Crippen LogP contribution in [0.25, 0.3) is 0 Å². The van der Waals surface area contributed by atoms with Gasteiger partial charge in [-0.05, 0) is 32.1 Å². The average Bonchev–Trinajstić information content (AvgIpc) is 2.26. The Kier molecular flexibility index (Phi) is 5.54. The van der Waals surface area contributed by atoms with E-state index in [1.807, 2.05) is 13.8 Å². The molecule has 0 spiro atoms. The van der Waals surface area contributed by atoms with E-state index in [-0.39, 0.29) is 5.38 Å². The molecule has 0 radical (unpaired) electrons. The fraction of sp³-hybridized carbons (Fsp3) is 1.00. The Morgan fingerprint density at radius 3 is 2.38 bits per heavy atom. The monoisotopic (exact) mass is 267 g/mol. The van der Waals surface area contributed by atoms with Crippen LogP contribution in [0.4, 0.5) is 0 Å². The largest absolute Gasteiger partial charge is 0.214 e. The third kappa shape index (κ3) is 3.90. The van der Waals surface area contributed by atoms with E-state index in [2.05, 4.69) is 0 Å². The summed E-state index contributed by atoms with van der Waals surface area (Å²) in [6, 6.07) is 0. The molecule has 5 heteroatoms. The summed E-state index contributed by atoms with van der Waals surface area (Å²) in [5.74, 6) is 0.768. The van der Waals surface area contributed by atoms with Gasteiger partial charge in [0, 0.05) is 18.5 Å². The summed E-state index contributed by atoms with van der Waals surface area (Å²) >= 11 is 6.03. The highest BCUT2D eigenvalue weighted by molar-refractivity contribution is 7.89. The fourth-order valence-electron chi connectivity index (χ4n) is 2.07. The van der Waals surface area contributed by atoms with Crippen molar-refractivity contribution in [3.05, 3.63) is 0 Å². The number of sulfonamides is 1. The van der Waals surface area contributed by atoms with Crippen molar-refractivity contribution in [1.29, 1.82) is 0 Å². The Bertz CT molecular complexity index is 295. The van der Waals surface area contributed by atoms with Crippen molar-refractivity contribution >= 4 is 21.6 Å². The zero-order chi connectivity index (χ0) is 12.2. The van der Waals surface area contributed by atoms with Crippen LogP contribution < -0.4 is 0 Å². The van der Waals surface area contributed by atoms with Crippen molar-refractivity contribution in [3.63, 3.8) is 0 Å². The van der Waals surface area contributed by atoms with Crippen LogP contribution in [-0.4, -0.2) is 36.9 Å². The molecule has 1 aliphatic rings. The number of unbranched alkanes of at least 4 members (excludes halogenated alkanes) is 1. The van der Waals surface area contributed by atoms with Crippen molar-refractivity contribution in [2.24, 2.45) is 5.92 Å². The fourth-order valence-corrected chi connectivity index (χ4v) is 4.00. The number of piperidine rings is 1. The first-order valence-corrected chi connectivity index (χ1v) is 8.14. The van der Waals surface area contributed by atoms with Crippen LogP contribution >= 0.6 is 11.6 Å². The van der Waals surface area contributed by atoms with Crippen LogP contribution in [0.5, 0.6) is 0 Å². The van der Waals surface area contributed by atoms with Gasteiger partial charge >= 0.3 is 0 Å². The highest BCUT2D eigenvalue weighted by atomic mass is 35.5. The van der Waals surface area contributed by atoms with E-state index in [9.17, 15) is 8.42 Å². The topological polar surface area (TPSA) is 37.4 Å². The van der Waals surface area contributed by atoms with Crippen LogP contribution in [0.1, 0.15) is 39.5 Å². The molecule has 0 aromatic carbocycles. The van der Waals surface area contributed by atoms with E-state index in [1.165, 1.54) is 0 Å². The second kappa shape index (κ2) is 6.22. The predicted molar refractivity (Wildman–Crippen MR) is 68.3 cm³/mol. The number of halogens is 1. The molecule has 0 N–H and O–H groups in total. The lowest BCUT2D eigenvalue weighted by atomic mass is 9.95. The molecule has 1 aliphatic heterocycles. The summed E-state index contributed by atoms with van der Waals surface area (Å²) in [5, 5.41) is 0.153. The van der Waals surface area contributed by atoms with Gasteiger partial charge in [-0.2, -0.15) is 0 Å². The summed E-state index contributed by atoms with van der Waals surface area (Å²) in [7, 11) is -3.00. The summed E-state index contributed by atoms with van der Waals surface area (Å²) in [6.45, 7) is 5.30. The first-order valence-electron chi connectivity index (χ1n) is 6.09. The Labute approximate surface area is 104 Å². The van der Waals surface area contributed by atoms with Gasteiger partial charge in [0.1, 0.15) is 0 Å². The van der Waals surface area contributed by atoms with Crippen molar-refractivity contribution in [2.45, 2.75) is 44.9 Å². The van der Waals surface area contributed by atoms with Gasteiger partial charge in [0.25, 0.3) is 0 Å². The second-order valence-corrected chi connectivity index (χ2v) is 7.36. The van der Waals surface area contributed by atoms with Crippen molar-refractivity contribution in [3.8, 4) is 0 Å². The molecule has 1 unspecified atom stereocenters. The Balaban J connectivity index is 2.47. The molecule has 0 amide bonds. The maximum atomic E-state index is 11.9. The van der Waals surface area contributed by atoms with Crippen molar-refractivity contribution < 1.29 is 8.42 Å². The summed E-state index contributed by atoms with van der Waals surface area (Å²) in [5.41, 5.74) is 0. The highest BCUT2D eigenvalue weighted by Crippen LogP contribution is 2.25. The lowest BCUT2D eigenvalue weighted by Gasteiger charge is -2.32. The van der Waals surface area contributed by atoms with Gasteiger partial charge in [-0.3, -0.25) is 0 Å². The molecule has 0 saturated carbocycles. The second-order valence-electron chi connectivity index (χ2n) is 4.58. The van der Waals surface area contributed by atoms with Crippen LogP contribution in [0.15, 0.2) is 0 Å². The quantitative estimate of drug-likeness (QED) is 0.718. The third-order valence-electron chi connectivity index (χ3n) is 3.30. The van der Waals surface area contributed by atoms with Gasteiger partial charge in [-0.25, -0.2) is 12.7 Å². The average molecular weight is 268 g/mol. The molecule has 1 atom stereocenters. The zero-order valence-electron chi connectivity index (χ0n) is 10.2. The van der Waals surface area contributed by atoms with Crippen LogP contribution in [0, 0.1) is 5.92 Å². The van der Waals surface area contributed by atoms with Gasteiger partial charge < -0.3 is 0 Å². The molecule has 1 saturated heterocycles. The van der Waals surface area contributed by atoms with E-state index in [0.717, 1.165) is 25.7 Å². The van der Waals surface area contributed by atoms with Crippen molar-refractivity contribution in [2.75, 3.05) is 18.8 Å². The number of alkyl halides is 1. The molecule has 0 bridgehead atoms. The van der Waals surface area contributed by atoms with Gasteiger partial charge in [0.05, 0.1) is 5.75 Å². The predicted octanol–water partition coefficient (Wildman–Crippen LogP) is 2.46. The van der Waals surface area contributed by atoms with E-state index in [0.29, 0.717) is 24.8 Å². The SMILES string of the molecule is CCCCS(=O)(=O)N1CCC(C(C)Cl)CC1. The summed E-state index contributed by atoms with van der Waals surface area (Å²) < 4.78 is 25.5. The van der Waals surface area contributed by atoms with E-state index >= 15 is 0 Å². The van der Waals surface area contributed by atoms with Gasteiger partial charge in [-0.1, -0.05) is 13.3 Å².